The van der Waals surface area contributed by atoms with Gasteiger partial charge >= 0.3 is 0 Å². The van der Waals surface area contributed by atoms with Crippen LogP contribution in [0.4, 0.5) is 5.69 Å². The first-order chi connectivity index (χ1) is 10.2. The van der Waals surface area contributed by atoms with Crippen LogP contribution >= 0.6 is 0 Å². The van der Waals surface area contributed by atoms with E-state index >= 15 is 0 Å². The lowest BCUT2D eigenvalue weighted by atomic mass is 9.93. The third-order valence-electron chi connectivity index (χ3n) is 4.53. The lowest BCUT2D eigenvalue weighted by Crippen LogP contribution is -2.49. The summed E-state index contributed by atoms with van der Waals surface area (Å²) in [6.07, 6.45) is 4.45. The van der Waals surface area contributed by atoms with Crippen LogP contribution in [0.1, 0.15) is 41.6 Å². The molecule has 2 rings (SSSR count). The maximum Gasteiger partial charge on any atom is 0.254 e. The number of amides is 1. The van der Waals surface area contributed by atoms with Crippen LogP contribution in [-0.2, 0) is 9.84 Å². The molecule has 2 unspecified atom stereocenters. The number of aryl methyl sites for hydroxylation is 1. The van der Waals surface area contributed by atoms with E-state index in [-0.39, 0.29) is 11.9 Å². The molecule has 0 aliphatic heterocycles. The molecule has 0 bridgehead atoms. The summed E-state index contributed by atoms with van der Waals surface area (Å²) in [6, 6.07) is 4.96. The van der Waals surface area contributed by atoms with Gasteiger partial charge in [0.2, 0.25) is 0 Å². The van der Waals surface area contributed by atoms with E-state index in [1.54, 1.807) is 24.1 Å². The zero-order chi connectivity index (χ0) is 16.5. The lowest BCUT2D eigenvalue weighted by Gasteiger charge is -2.37. The molecule has 0 heterocycles. The number of hydrogen-bond donors (Lipinski definition) is 1. The Morgan fingerprint density at radius 2 is 1.91 bits per heavy atom. The summed E-state index contributed by atoms with van der Waals surface area (Å²) in [6.45, 7) is 1.86. The highest BCUT2D eigenvalue weighted by molar-refractivity contribution is 7.91. The van der Waals surface area contributed by atoms with Crippen molar-refractivity contribution in [3.63, 3.8) is 0 Å². The van der Waals surface area contributed by atoms with Crippen LogP contribution in [0.3, 0.4) is 0 Å². The Labute approximate surface area is 132 Å². The highest BCUT2D eigenvalue weighted by Gasteiger charge is 2.37. The van der Waals surface area contributed by atoms with Crippen LogP contribution in [0.2, 0.25) is 0 Å². The fourth-order valence-corrected chi connectivity index (χ4v) is 4.71. The van der Waals surface area contributed by atoms with Gasteiger partial charge in [-0.05, 0) is 37.5 Å². The maximum atomic E-state index is 12.8. The van der Waals surface area contributed by atoms with Crippen molar-refractivity contribution in [3.8, 4) is 0 Å². The molecule has 1 aliphatic carbocycles. The van der Waals surface area contributed by atoms with Gasteiger partial charge in [-0.2, -0.15) is 0 Å². The number of anilines is 1. The van der Waals surface area contributed by atoms with Crippen molar-refractivity contribution in [1.29, 1.82) is 0 Å². The van der Waals surface area contributed by atoms with Gasteiger partial charge in [0.05, 0.1) is 5.25 Å². The van der Waals surface area contributed by atoms with Gasteiger partial charge in [-0.15, -0.1) is 0 Å². The fourth-order valence-electron chi connectivity index (χ4n) is 3.23. The van der Waals surface area contributed by atoms with Crippen molar-refractivity contribution in [2.75, 3.05) is 19.0 Å². The van der Waals surface area contributed by atoms with Gasteiger partial charge in [-0.3, -0.25) is 4.79 Å². The molecular weight excluding hydrogens is 300 g/mol. The zero-order valence-corrected chi connectivity index (χ0v) is 14.2. The fraction of sp³-hybridized carbons (Fsp3) is 0.562. The summed E-state index contributed by atoms with van der Waals surface area (Å²) in [5.41, 5.74) is 7.69. The first-order valence-electron chi connectivity index (χ1n) is 7.54. The Bertz CT molecular complexity index is 670. The van der Waals surface area contributed by atoms with Crippen LogP contribution in [0, 0.1) is 6.92 Å². The number of nitrogens with two attached hydrogens (primary N) is 1. The number of nitrogens with zero attached hydrogens (tertiary/aromatic N) is 1. The largest absolute Gasteiger partial charge is 0.399 e. The number of benzene rings is 1. The molecule has 0 spiro atoms. The van der Waals surface area contributed by atoms with E-state index in [0.29, 0.717) is 17.7 Å². The van der Waals surface area contributed by atoms with Crippen LogP contribution in [0.15, 0.2) is 18.2 Å². The van der Waals surface area contributed by atoms with E-state index < -0.39 is 15.1 Å². The van der Waals surface area contributed by atoms with Crippen molar-refractivity contribution in [1.82, 2.24) is 4.90 Å². The van der Waals surface area contributed by atoms with E-state index in [9.17, 15) is 13.2 Å². The van der Waals surface area contributed by atoms with Gasteiger partial charge in [0.15, 0.2) is 9.84 Å². The number of carbonyl (C=O) groups is 1. The van der Waals surface area contributed by atoms with Gasteiger partial charge < -0.3 is 10.6 Å². The molecule has 1 aliphatic rings. The topological polar surface area (TPSA) is 80.5 Å². The second kappa shape index (κ2) is 6.28. The average Bonchev–Trinajstić information content (AvgIpc) is 2.47. The summed E-state index contributed by atoms with van der Waals surface area (Å²) in [5.74, 6) is -0.162. The SMILES string of the molecule is Cc1ccc(N)cc1C(=O)N(C)C1CCCCC1S(C)(=O)=O. The van der Waals surface area contributed by atoms with Gasteiger partial charge in [0.25, 0.3) is 5.91 Å². The summed E-state index contributed by atoms with van der Waals surface area (Å²) < 4.78 is 24.0. The van der Waals surface area contributed by atoms with Crippen LogP contribution in [-0.4, -0.2) is 43.8 Å². The molecule has 2 N–H and O–H groups in total. The highest BCUT2D eigenvalue weighted by Crippen LogP contribution is 2.28. The number of nitrogen functional groups attached to an aromatic ring is 1. The monoisotopic (exact) mass is 324 g/mol. The summed E-state index contributed by atoms with van der Waals surface area (Å²) in [7, 11) is -1.48. The third kappa shape index (κ3) is 3.43. The lowest BCUT2D eigenvalue weighted by molar-refractivity contribution is 0.0699. The molecule has 6 heteroatoms. The maximum absolute atomic E-state index is 12.8. The van der Waals surface area contributed by atoms with Crippen LogP contribution < -0.4 is 5.73 Å². The second-order valence-electron chi connectivity index (χ2n) is 6.21. The average molecular weight is 324 g/mol. The van der Waals surface area contributed by atoms with E-state index in [1.165, 1.54) is 6.26 Å². The molecule has 1 fully saturated rings. The Kier molecular flexibility index (Phi) is 4.80. The van der Waals surface area contributed by atoms with Crippen LogP contribution in [0.25, 0.3) is 0 Å². The summed E-state index contributed by atoms with van der Waals surface area (Å²) in [5, 5.41) is -0.475. The van der Waals surface area contributed by atoms with E-state index in [4.69, 9.17) is 5.73 Å². The molecule has 1 saturated carbocycles. The molecule has 0 aromatic heterocycles. The minimum atomic E-state index is -3.17. The Morgan fingerprint density at radius 1 is 1.27 bits per heavy atom. The van der Waals surface area contributed by atoms with Gasteiger partial charge in [0.1, 0.15) is 0 Å². The minimum absolute atomic E-state index is 0.162. The molecule has 2 atom stereocenters. The molecule has 0 radical (unpaired) electrons. The first kappa shape index (κ1) is 16.8. The molecule has 1 aromatic carbocycles. The number of carbonyl (C=O) groups excluding carboxylic acids is 1. The quantitative estimate of drug-likeness (QED) is 0.862. The van der Waals surface area contributed by atoms with Gasteiger partial charge in [0, 0.05) is 30.6 Å². The number of sulfone groups is 1. The van der Waals surface area contributed by atoms with Gasteiger partial charge in [-0.1, -0.05) is 18.9 Å². The smallest absolute Gasteiger partial charge is 0.254 e. The van der Waals surface area contributed by atoms with Crippen LogP contribution in [0.5, 0.6) is 0 Å². The van der Waals surface area contributed by atoms with Crippen molar-refractivity contribution in [3.05, 3.63) is 29.3 Å². The standard InChI is InChI=1S/C16H24N2O3S/c1-11-8-9-12(17)10-13(11)16(19)18(2)14-6-4-5-7-15(14)22(3,20)21/h8-10,14-15H,4-7,17H2,1-3H3. The Morgan fingerprint density at radius 3 is 2.55 bits per heavy atom. The van der Waals surface area contributed by atoms with E-state index in [2.05, 4.69) is 0 Å². The summed E-state index contributed by atoms with van der Waals surface area (Å²) in [4.78, 5) is 14.4. The number of hydrogen-bond acceptors (Lipinski definition) is 4. The van der Waals surface area contributed by atoms with Gasteiger partial charge in [-0.25, -0.2) is 8.42 Å². The molecule has 0 saturated heterocycles. The van der Waals surface area contributed by atoms with E-state index in [1.807, 2.05) is 13.0 Å². The third-order valence-corrected chi connectivity index (χ3v) is 6.18. The summed E-state index contributed by atoms with van der Waals surface area (Å²) >= 11 is 0. The Balaban J connectivity index is 2.30. The minimum Gasteiger partial charge on any atom is -0.399 e. The van der Waals surface area contributed by atoms with Crippen molar-refractivity contribution >= 4 is 21.4 Å². The van der Waals surface area contributed by atoms with Crippen molar-refractivity contribution in [2.24, 2.45) is 0 Å². The predicted molar refractivity (Wildman–Crippen MR) is 88.6 cm³/mol. The number of rotatable bonds is 3. The highest BCUT2D eigenvalue weighted by atomic mass is 32.2. The van der Waals surface area contributed by atoms with Crippen molar-refractivity contribution in [2.45, 2.75) is 43.9 Å². The molecule has 5 nitrogen and oxygen atoms in total. The first-order valence-corrected chi connectivity index (χ1v) is 9.49. The normalized spacial score (nSPS) is 22.3. The molecule has 1 amide bonds. The predicted octanol–water partition coefficient (Wildman–Crippen LogP) is 2.01. The molecule has 22 heavy (non-hydrogen) atoms. The van der Waals surface area contributed by atoms with E-state index in [0.717, 1.165) is 24.8 Å². The zero-order valence-electron chi connectivity index (χ0n) is 13.4. The second-order valence-corrected chi connectivity index (χ2v) is 8.47. The molecule has 1 aromatic rings. The molecular formula is C16H24N2O3S. The van der Waals surface area contributed by atoms with Crippen molar-refractivity contribution < 1.29 is 13.2 Å². The Hall–Kier alpha value is -1.56. The molecule has 122 valence electrons.